The van der Waals surface area contributed by atoms with Crippen molar-refractivity contribution in [3.05, 3.63) is 29.3 Å². The first-order chi connectivity index (χ1) is 10.9. The summed E-state index contributed by atoms with van der Waals surface area (Å²) in [5.41, 5.74) is 2.19. The molecule has 7 nitrogen and oxygen atoms in total. The van der Waals surface area contributed by atoms with Gasteiger partial charge in [0.05, 0.1) is 13.4 Å². The molecule has 1 aromatic rings. The average Bonchev–Trinajstić information content (AvgIpc) is 2.49. The minimum absolute atomic E-state index is 0. The van der Waals surface area contributed by atoms with Gasteiger partial charge in [-0.05, 0) is 25.0 Å². The van der Waals surface area contributed by atoms with Gasteiger partial charge in [-0.1, -0.05) is 12.1 Å². The van der Waals surface area contributed by atoms with Gasteiger partial charge in [0, 0.05) is 32.2 Å². The summed E-state index contributed by atoms with van der Waals surface area (Å²) >= 11 is 0. The maximum atomic E-state index is 10.9. The molecule has 0 aliphatic heterocycles. The number of aryl methyl sites for hydroxylation is 1. The first-order valence-electron chi connectivity index (χ1n) is 7.38. The lowest BCUT2D eigenvalue weighted by molar-refractivity contribution is 0.408. The summed E-state index contributed by atoms with van der Waals surface area (Å²) in [5.74, 6) is 1.50. The molecule has 3 N–H and O–H groups in total. The fourth-order valence-corrected chi connectivity index (χ4v) is 2.47. The first kappa shape index (κ1) is 22.9. The van der Waals surface area contributed by atoms with E-state index in [1.54, 1.807) is 14.2 Å². The summed E-state index contributed by atoms with van der Waals surface area (Å²) in [6.45, 7) is 3.62. The summed E-state index contributed by atoms with van der Waals surface area (Å²) in [6.07, 6.45) is 1.82. The van der Waals surface area contributed by atoms with Crippen LogP contribution in [0.15, 0.2) is 23.2 Å². The fraction of sp³-hybridized carbons (Fsp3) is 0.533. The molecule has 9 heteroatoms. The summed E-state index contributed by atoms with van der Waals surface area (Å²) in [6, 6.07) is 6.04. The molecule has 0 aromatic heterocycles. The van der Waals surface area contributed by atoms with Crippen molar-refractivity contribution in [1.29, 1.82) is 0 Å². The van der Waals surface area contributed by atoms with E-state index < -0.39 is 10.0 Å². The molecule has 1 rings (SSSR count). The maximum Gasteiger partial charge on any atom is 0.208 e. The summed E-state index contributed by atoms with van der Waals surface area (Å²) in [7, 11) is 0.218. The Morgan fingerprint density at radius 2 is 1.96 bits per heavy atom. The molecule has 0 bridgehead atoms. The normalized spacial score (nSPS) is 11.6. The van der Waals surface area contributed by atoms with E-state index in [-0.39, 0.29) is 24.0 Å². The van der Waals surface area contributed by atoms with Crippen LogP contribution >= 0.6 is 24.0 Å². The molecule has 0 spiro atoms. The summed E-state index contributed by atoms with van der Waals surface area (Å²) in [4.78, 5) is 4.14. The fourth-order valence-electron chi connectivity index (χ4n) is 1.95. The number of rotatable bonds is 8. The summed E-state index contributed by atoms with van der Waals surface area (Å²) < 4.78 is 29.7. The number of methoxy groups -OCH3 is 1. The van der Waals surface area contributed by atoms with Crippen LogP contribution in [0, 0.1) is 6.92 Å². The Balaban J connectivity index is 0.00000529. The van der Waals surface area contributed by atoms with Crippen molar-refractivity contribution in [2.45, 2.75) is 19.9 Å². The largest absolute Gasteiger partial charge is 0.496 e. The molecule has 0 aliphatic carbocycles. The first-order valence-corrected chi connectivity index (χ1v) is 9.27. The van der Waals surface area contributed by atoms with Crippen LogP contribution in [-0.2, 0) is 16.6 Å². The number of nitrogens with zero attached hydrogens (tertiary/aromatic N) is 1. The Hall–Kier alpha value is -1.07. The molecule has 0 aliphatic rings. The van der Waals surface area contributed by atoms with Crippen molar-refractivity contribution in [2.75, 3.05) is 33.5 Å². The lowest BCUT2D eigenvalue weighted by Crippen LogP contribution is -2.38. The summed E-state index contributed by atoms with van der Waals surface area (Å²) in [5, 5.41) is 6.35. The van der Waals surface area contributed by atoms with Gasteiger partial charge >= 0.3 is 0 Å². The van der Waals surface area contributed by atoms with E-state index in [1.807, 2.05) is 25.1 Å². The van der Waals surface area contributed by atoms with Gasteiger partial charge in [0.1, 0.15) is 5.75 Å². The topological polar surface area (TPSA) is 91.8 Å². The lowest BCUT2D eigenvalue weighted by atomic mass is 10.1. The SMILES string of the molecule is CN=C(NCCCNS(C)(=O)=O)NCc1ccc(C)cc1OC.I. The van der Waals surface area contributed by atoms with Crippen molar-refractivity contribution < 1.29 is 13.2 Å². The standard InChI is InChI=1S/C15H26N4O3S.HI/c1-12-6-7-13(14(10-12)22-3)11-18-15(16-2)17-8-5-9-19-23(4,20)21;/h6-7,10,19H,5,8-9,11H2,1-4H3,(H2,16,17,18);1H. The van der Waals surface area contributed by atoms with Crippen molar-refractivity contribution >= 4 is 40.0 Å². The Bertz CT molecular complexity index is 636. The van der Waals surface area contributed by atoms with Crippen molar-refractivity contribution in [2.24, 2.45) is 4.99 Å². The average molecular weight is 470 g/mol. The Morgan fingerprint density at radius 3 is 2.54 bits per heavy atom. The number of benzene rings is 1. The van der Waals surface area contributed by atoms with E-state index in [0.29, 0.717) is 32.0 Å². The molecule has 0 radical (unpaired) electrons. The van der Waals surface area contributed by atoms with Gasteiger partial charge < -0.3 is 15.4 Å². The molecule has 0 amide bonds. The van der Waals surface area contributed by atoms with Gasteiger partial charge in [0.15, 0.2) is 5.96 Å². The zero-order chi connectivity index (χ0) is 17.3. The minimum Gasteiger partial charge on any atom is -0.496 e. The number of hydrogen-bond donors (Lipinski definition) is 3. The van der Waals surface area contributed by atoms with E-state index in [2.05, 4.69) is 20.3 Å². The predicted molar refractivity (Wildman–Crippen MR) is 109 cm³/mol. The highest BCUT2D eigenvalue weighted by Gasteiger charge is 2.05. The van der Waals surface area contributed by atoms with Gasteiger partial charge in [-0.15, -0.1) is 24.0 Å². The number of sulfonamides is 1. The Kier molecular flexibility index (Phi) is 11.0. The van der Waals surface area contributed by atoms with Crippen molar-refractivity contribution in [1.82, 2.24) is 15.4 Å². The number of nitrogens with one attached hydrogen (secondary N) is 3. The number of hydrogen-bond acceptors (Lipinski definition) is 4. The van der Waals surface area contributed by atoms with E-state index in [9.17, 15) is 8.42 Å². The second kappa shape index (κ2) is 11.5. The lowest BCUT2D eigenvalue weighted by Gasteiger charge is -2.14. The maximum absolute atomic E-state index is 10.9. The Labute approximate surface area is 161 Å². The zero-order valence-corrected chi connectivity index (χ0v) is 17.7. The van der Waals surface area contributed by atoms with Crippen molar-refractivity contribution in [3.8, 4) is 5.75 Å². The van der Waals surface area contributed by atoms with E-state index in [4.69, 9.17) is 4.74 Å². The van der Waals surface area contributed by atoms with Gasteiger partial charge in [-0.2, -0.15) is 0 Å². The molecular weight excluding hydrogens is 443 g/mol. The van der Waals surface area contributed by atoms with Crippen LogP contribution < -0.4 is 20.1 Å². The van der Waals surface area contributed by atoms with Crippen molar-refractivity contribution in [3.63, 3.8) is 0 Å². The highest BCUT2D eigenvalue weighted by atomic mass is 127. The molecule has 0 saturated heterocycles. The molecule has 0 saturated carbocycles. The van der Waals surface area contributed by atoms with Gasteiger partial charge in [-0.25, -0.2) is 13.1 Å². The second-order valence-corrected chi connectivity index (χ2v) is 7.02. The number of aliphatic imine (C=N–C) groups is 1. The van der Waals surface area contributed by atoms with Gasteiger partial charge in [0.2, 0.25) is 10.0 Å². The molecule has 0 unspecified atom stereocenters. The Morgan fingerprint density at radius 1 is 1.25 bits per heavy atom. The third kappa shape index (κ3) is 9.28. The monoisotopic (exact) mass is 470 g/mol. The predicted octanol–water partition coefficient (Wildman–Crippen LogP) is 1.23. The van der Waals surface area contributed by atoms with Gasteiger partial charge in [-0.3, -0.25) is 4.99 Å². The third-order valence-corrected chi connectivity index (χ3v) is 3.85. The smallest absolute Gasteiger partial charge is 0.208 e. The van der Waals surface area contributed by atoms with Crippen LogP contribution in [0.5, 0.6) is 5.75 Å². The van der Waals surface area contributed by atoms with E-state index >= 15 is 0 Å². The van der Waals surface area contributed by atoms with Gasteiger partial charge in [0.25, 0.3) is 0 Å². The molecule has 0 heterocycles. The minimum atomic E-state index is -3.13. The number of ether oxygens (including phenoxy) is 1. The molecule has 138 valence electrons. The highest BCUT2D eigenvalue weighted by Crippen LogP contribution is 2.19. The van der Waals surface area contributed by atoms with Crippen LogP contribution in [0.4, 0.5) is 0 Å². The quantitative estimate of drug-likeness (QED) is 0.230. The van der Waals surface area contributed by atoms with E-state index in [1.165, 1.54) is 0 Å². The number of halogens is 1. The van der Waals surface area contributed by atoms with Crippen LogP contribution in [0.25, 0.3) is 0 Å². The third-order valence-electron chi connectivity index (χ3n) is 3.12. The van der Waals surface area contributed by atoms with Crippen LogP contribution in [0.3, 0.4) is 0 Å². The van der Waals surface area contributed by atoms with Crippen LogP contribution in [0.2, 0.25) is 0 Å². The zero-order valence-electron chi connectivity index (χ0n) is 14.5. The molecular formula is C15H27IN4O3S. The number of guanidine groups is 1. The highest BCUT2D eigenvalue weighted by molar-refractivity contribution is 14.0. The van der Waals surface area contributed by atoms with Crippen LogP contribution in [0.1, 0.15) is 17.5 Å². The van der Waals surface area contributed by atoms with E-state index in [0.717, 1.165) is 23.1 Å². The van der Waals surface area contributed by atoms with Crippen LogP contribution in [-0.4, -0.2) is 47.9 Å². The molecule has 0 atom stereocenters. The molecule has 1 aromatic carbocycles. The molecule has 0 fully saturated rings. The molecule has 24 heavy (non-hydrogen) atoms. The second-order valence-electron chi connectivity index (χ2n) is 5.19.